The van der Waals surface area contributed by atoms with Gasteiger partial charge in [0.1, 0.15) is 13.2 Å². The Morgan fingerprint density at radius 1 is 0.373 bits per heavy atom. The maximum Gasteiger partial charge on any atom is 0.460 e. The fraction of sp³-hybridized carbons (Fsp3) is 0.742. The normalized spacial score (nSPS) is 14.7. The van der Waals surface area contributed by atoms with Crippen molar-refractivity contribution in [2.45, 2.75) is 102 Å². The van der Waals surface area contributed by atoms with Crippen LogP contribution in [-0.2, 0) is 28.5 Å². The topological polar surface area (TPSA) is 129 Å². The Morgan fingerprint density at radius 2 is 0.600 bits per heavy atom. The van der Waals surface area contributed by atoms with E-state index in [-0.39, 0.29) is 5.57 Å². The number of halogens is 34. The second-order valence-electron chi connectivity index (χ2n) is 13.6. The van der Waals surface area contributed by atoms with Crippen molar-refractivity contribution in [3.05, 3.63) is 24.8 Å². The molecule has 0 spiro atoms. The highest BCUT2D eigenvalue weighted by atomic mass is 19.4. The summed E-state index contributed by atoms with van der Waals surface area (Å²) in [5, 5.41) is 2.69. The molecule has 0 heterocycles. The minimum Gasteiger partial charge on any atom is -0.461 e. The summed E-state index contributed by atoms with van der Waals surface area (Å²) in [5.74, 6) is -117. The summed E-state index contributed by atoms with van der Waals surface area (Å²) in [7, 11) is 0. The van der Waals surface area contributed by atoms with Gasteiger partial charge in [0.05, 0.1) is 13.1 Å². The first-order valence-electron chi connectivity index (χ1n) is 17.4. The smallest absolute Gasteiger partial charge is 0.460 e. The molecule has 2 amide bonds. The number of hydrogen-bond donors (Lipinski definition) is 2. The Kier molecular flexibility index (Phi) is 21.3. The SMILES string of the molecule is C=C(C)C(=O)OCCNC(=O)OCC(F)(F)C(F)(F)C(F)(F)C(F)(F)C(F)(F)C(F)(F)C(F)(F)C(F)(F)F.C=CC(=O)OCCNC(=O)OCC(F)(F)C(F)(F)C(F)(F)C(F)(F)C(F)(F)C(F)(F)C(F)(F)C(F)(F)F. The molecule has 0 aromatic rings. The molecule has 0 saturated carbocycles. The number of alkyl carbamates (subject to hydrolysis) is 2. The molecule has 442 valence electrons. The molecule has 0 aliphatic carbocycles. The number of amides is 2. The molecule has 0 unspecified atom stereocenters. The van der Waals surface area contributed by atoms with Gasteiger partial charge < -0.3 is 29.6 Å². The van der Waals surface area contributed by atoms with Crippen LogP contribution >= 0.6 is 0 Å². The molecule has 0 aromatic heterocycles. The molecule has 0 radical (unpaired) electrons. The van der Waals surface area contributed by atoms with Crippen molar-refractivity contribution in [2.75, 3.05) is 39.5 Å². The van der Waals surface area contributed by atoms with Crippen LogP contribution in [0.2, 0.25) is 0 Å². The molecule has 0 aliphatic heterocycles. The van der Waals surface area contributed by atoms with E-state index in [9.17, 15) is 168 Å². The predicted molar refractivity (Wildman–Crippen MR) is 167 cm³/mol. The number of hydrogen-bond acceptors (Lipinski definition) is 8. The second kappa shape index (κ2) is 22.3. The summed E-state index contributed by atoms with van der Waals surface area (Å²) in [6, 6.07) is 0. The van der Waals surface area contributed by atoms with E-state index < -0.39 is 159 Å². The van der Waals surface area contributed by atoms with Gasteiger partial charge in [0.25, 0.3) is 0 Å². The third-order valence-corrected chi connectivity index (χ3v) is 8.08. The van der Waals surface area contributed by atoms with E-state index in [1.807, 2.05) is 0 Å². The molecule has 0 atom stereocenters. The van der Waals surface area contributed by atoms with E-state index in [1.165, 1.54) is 10.6 Å². The molecule has 0 aromatic carbocycles. The van der Waals surface area contributed by atoms with Gasteiger partial charge in [0.15, 0.2) is 13.2 Å². The lowest BCUT2D eigenvalue weighted by atomic mass is 9.89. The Labute approximate surface area is 389 Å². The number of rotatable bonds is 24. The van der Waals surface area contributed by atoms with Gasteiger partial charge in [-0.3, -0.25) is 0 Å². The molecule has 75 heavy (non-hydrogen) atoms. The van der Waals surface area contributed by atoms with Crippen molar-refractivity contribution in [1.29, 1.82) is 0 Å². The Bertz CT molecular complexity index is 2030. The van der Waals surface area contributed by atoms with Crippen molar-refractivity contribution in [1.82, 2.24) is 10.6 Å². The lowest BCUT2D eigenvalue weighted by Crippen LogP contribution is -2.74. The van der Waals surface area contributed by atoms with E-state index in [0.717, 1.165) is 6.92 Å². The van der Waals surface area contributed by atoms with Crippen molar-refractivity contribution in [2.24, 2.45) is 0 Å². The van der Waals surface area contributed by atoms with Crippen LogP contribution in [0.3, 0.4) is 0 Å². The standard InChI is InChI=1S/C16H12F17NO4.C15H10F17NO4/c1-6(2)7(35)37-4-3-34-8(36)38-5-9(17,18)10(19,20)11(21,22)12(23,24)13(25,26)14(27,28)15(29,30)16(31,32)33;1-2-6(34)36-4-3-33-7(35)37-5-8(16,17)9(18,19)10(20,21)11(22,23)12(24,25)13(26,27)14(28,29)15(30,31)32/h1,3-5H2,2H3,(H,34,36);2H,1,3-5H2,(H,33,35). The molecular formula is C31H22F34N2O8. The van der Waals surface area contributed by atoms with Crippen LogP contribution in [-0.4, -0.2) is 159 Å². The van der Waals surface area contributed by atoms with Crippen molar-refractivity contribution in [3.8, 4) is 0 Å². The minimum atomic E-state index is -8.75. The van der Waals surface area contributed by atoms with Gasteiger partial charge in [-0.15, -0.1) is 0 Å². The average molecular weight is 1200 g/mol. The third-order valence-electron chi connectivity index (χ3n) is 8.08. The summed E-state index contributed by atoms with van der Waals surface area (Å²) < 4.78 is 460. The maximum atomic E-state index is 13.6. The first-order chi connectivity index (χ1) is 32.6. The summed E-state index contributed by atoms with van der Waals surface area (Å²) in [4.78, 5) is 43.8. The highest BCUT2D eigenvalue weighted by Crippen LogP contribution is 2.66. The highest BCUT2D eigenvalue weighted by molar-refractivity contribution is 5.86. The van der Waals surface area contributed by atoms with Crippen LogP contribution < -0.4 is 10.6 Å². The molecule has 2 N–H and O–H groups in total. The maximum absolute atomic E-state index is 13.6. The second-order valence-corrected chi connectivity index (χ2v) is 13.6. The van der Waals surface area contributed by atoms with Gasteiger partial charge in [0.2, 0.25) is 0 Å². The van der Waals surface area contributed by atoms with E-state index in [1.54, 1.807) is 0 Å². The average Bonchev–Trinajstić information content (AvgIpc) is 3.23. The zero-order chi connectivity index (χ0) is 61.1. The zero-order valence-electron chi connectivity index (χ0n) is 34.9. The lowest BCUT2D eigenvalue weighted by molar-refractivity contribution is -0.462. The summed E-state index contributed by atoms with van der Waals surface area (Å²) in [6.07, 6.45) is -19.6. The molecule has 0 bridgehead atoms. The Morgan fingerprint density at radius 3 is 0.827 bits per heavy atom. The van der Waals surface area contributed by atoms with Gasteiger partial charge in [-0.1, -0.05) is 13.2 Å². The fourth-order valence-corrected chi connectivity index (χ4v) is 3.77. The molecule has 0 rings (SSSR count). The van der Waals surface area contributed by atoms with Crippen LogP contribution in [0.1, 0.15) is 6.92 Å². The number of nitrogens with one attached hydrogen (secondary N) is 2. The number of ether oxygens (including phenoxy) is 4. The largest absolute Gasteiger partial charge is 0.461 e. The van der Waals surface area contributed by atoms with E-state index in [0.29, 0.717) is 6.08 Å². The van der Waals surface area contributed by atoms with Crippen molar-refractivity contribution < 1.29 is 187 Å². The number of esters is 2. The Hall–Kier alpha value is -5.42. The molecule has 0 aliphatic rings. The van der Waals surface area contributed by atoms with Gasteiger partial charge in [-0.05, 0) is 6.92 Å². The first-order valence-corrected chi connectivity index (χ1v) is 17.4. The Balaban J connectivity index is 0. The first kappa shape index (κ1) is 71.7. The minimum absolute atomic E-state index is 0.183. The van der Waals surface area contributed by atoms with E-state index in [4.69, 9.17) is 0 Å². The van der Waals surface area contributed by atoms with Crippen LogP contribution in [0.25, 0.3) is 0 Å². The summed E-state index contributed by atoms with van der Waals surface area (Å²) >= 11 is 0. The molecule has 10 nitrogen and oxygen atoms in total. The third kappa shape index (κ3) is 13.1. The van der Waals surface area contributed by atoms with Crippen molar-refractivity contribution in [3.63, 3.8) is 0 Å². The van der Waals surface area contributed by atoms with Crippen LogP contribution in [0, 0.1) is 0 Å². The van der Waals surface area contributed by atoms with Crippen LogP contribution in [0.4, 0.5) is 159 Å². The predicted octanol–water partition coefficient (Wildman–Crippen LogP) is 11.3. The van der Waals surface area contributed by atoms with Crippen LogP contribution in [0.15, 0.2) is 24.8 Å². The number of alkyl halides is 34. The fourth-order valence-electron chi connectivity index (χ4n) is 3.77. The molecular weight excluding hydrogens is 1170 g/mol. The summed E-state index contributed by atoms with van der Waals surface area (Å²) in [6.45, 7) is -2.88. The number of carbonyl (C=O) groups is 4. The van der Waals surface area contributed by atoms with E-state index in [2.05, 4.69) is 32.1 Å². The molecule has 0 fully saturated rings. The monoisotopic (exact) mass is 1200 g/mol. The van der Waals surface area contributed by atoms with Gasteiger partial charge >= 0.3 is 119 Å². The molecule has 44 heteroatoms. The van der Waals surface area contributed by atoms with E-state index >= 15 is 0 Å². The van der Waals surface area contributed by atoms with Gasteiger partial charge in [-0.25, -0.2) is 19.2 Å². The summed E-state index contributed by atoms with van der Waals surface area (Å²) in [5.41, 5.74) is -0.183. The lowest BCUT2D eigenvalue weighted by Gasteiger charge is -2.42. The van der Waals surface area contributed by atoms with Gasteiger partial charge in [0, 0.05) is 11.6 Å². The highest BCUT2D eigenvalue weighted by Gasteiger charge is 2.97. The quantitative estimate of drug-likeness (QED) is 0.0321. The van der Waals surface area contributed by atoms with Gasteiger partial charge in [-0.2, -0.15) is 149 Å². The number of carbonyl (C=O) groups excluding carboxylic acids is 4. The zero-order valence-corrected chi connectivity index (χ0v) is 34.9. The molecule has 0 saturated heterocycles. The van der Waals surface area contributed by atoms with Crippen LogP contribution in [0.5, 0.6) is 0 Å². The van der Waals surface area contributed by atoms with Crippen molar-refractivity contribution >= 4 is 24.1 Å².